The number of carbonyl (C=O) groups excluding carboxylic acids is 2. The van der Waals surface area contributed by atoms with Gasteiger partial charge in [0.2, 0.25) is 0 Å². The Morgan fingerprint density at radius 3 is 2.42 bits per heavy atom. The third-order valence-electron chi connectivity index (χ3n) is 4.01. The third kappa shape index (κ3) is 4.63. The quantitative estimate of drug-likeness (QED) is 0.605. The predicted octanol–water partition coefficient (Wildman–Crippen LogP) is 4.15. The fraction of sp³-hybridized carbons (Fsp3) is 0.556. The largest absolute Gasteiger partial charge is 0.446 e. The molecule has 0 spiro atoms. The molecule has 1 aliphatic rings. The summed E-state index contributed by atoms with van der Waals surface area (Å²) < 4.78 is 10.2. The monoisotopic (exact) mass is 353 g/mol. The average Bonchev–Trinajstić information content (AvgIpc) is 2.88. The van der Waals surface area contributed by atoms with E-state index in [0.717, 1.165) is 12.0 Å². The molecular formula is C18H24ClNO4. The van der Waals surface area contributed by atoms with E-state index in [4.69, 9.17) is 21.1 Å². The van der Waals surface area contributed by atoms with E-state index in [1.165, 1.54) is 0 Å². The first-order chi connectivity index (χ1) is 11.2. The summed E-state index contributed by atoms with van der Waals surface area (Å²) in [5.74, 6) is -0.211. The first-order valence-electron chi connectivity index (χ1n) is 8.04. The molecule has 0 bridgehead atoms. The lowest BCUT2D eigenvalue weighted by Gasteiger charge is -2.27. The molecule has 1 aromatic carbocycles. The molecule has 0 N–H and O–H groups in total. The van der Waals surface area contributed by atoms with Crippen LogP contribution in [0.5, 0.6) is 0 Å². The van der Waals surface area contributed by atoms with Gasteiger partial charge in [0.05, 0.1) is 5.56 Å². The highest BCUT2D eigenvalue weighted by molar-refractivity contribution is 6.17. The second-order valence-electron chi connectivity index (χ2n) is 7.08. The number of alkyl halides is 1. The molecule has 6 heteroatoms. The molecule has 0 saturated carbocycles. The van der Waals surface area contributed by atoms with E-state index < -0.39 is 11.6 Å². The summed E-state index contributed by atoms with van der Waals surface area (Å²) >= 11 is 5.40. The highest BCUT2D eigenvalue weighted by atomic mass is 35.5. The lowest BCUT2D eigenvalue weighted by atomic mass is 9.96. The molecule has 5 nitrogen and oxygen atoms in total. The van der Waals surface area contributed by atoms with E-state index in [1.807, 2.05) is 39.8 Å². The molecule has 1 aromatic rings. The highest BCUT2D eigenvalue weighted by Gasteiger charge is 2.35. The fourth-order valence-corrected chi connectivity index (χ4v) is 2.97. The van der Waals surface area contributed by atoms with Crippen molar-refractivity contribution in [2.24, 2.45) is 0 Å². The summed E-state index contributed by atoms with van der Waals surface area (Å²) in [4.78, 5) is 25.7. The maximum atomic E-state index is 12.3. The van der Waals surface area contributed by atoms with Crippen molar-refractivity contribution in [3.63, 3.8) is 0 Å². The minimum Gasteiger partial charge on any atom is -0.446 e. The van der Waals surface area contributed by atoms with Crippen LogP contribution in [0.1, 0.15) is 56.0 Å². The molecule has 0 aromatic heterocycles. The normalized spacial score (nSPS) is 20.8. The minimum atomic E-state index is -0.501. The van der Waals surface area contributed by atoms with Gasteiger partial charge in [0.25, 0.3) is 0 Å². The zero-order valence-corrected chi connectivity index (χ0v) is 15.3. The molecule has 1 amide bonds. The van der Waals surface area contributed by atoms with Crippen LogP contribution in [0.2, 0.25) is 0 Å². The van der Waals surface area contributed by atoms with Crippen molar-refractivity contribution in [1.82, 2.24) is 4.90 Å². The standard InChI is InChI=1S/C18H24ClNO4/c1-12-9-15(10-20(12)17(22)24-18(2,3)4)13-5-7-14(8-6-13)16(21)23-11-19/h5-8,12,15H,9-11H2,1-4H3. The zero-order chi connectivity index (χ0) is 17.9. The summed E-state index contributed by atoms with van der Waals surface area (Å²) in [5.41, 5.74) is 1.06. The van der Waals surface area contributed by atoms with E-state index in [2.05, 4.69) is 0 Å². The molecule has 132 valence electrons. The van der Waals surface area contributed by atoms with Crippen molar-refractivity contribution >= 4 is 23.7 Å². The third-order valence-corrected chi connectivity index (χ3v) is 4.12. The predicted molar refractivity (Wildman–Crippen MR) is 92.3 cm³/mol. The molecule has 1 aliphatic heterocycles. The molecule has 24 heavy (non-hydrogen) atoms. The Bertz CT molecular complexity index is 594. The van der Waals surface area contributed by atoms with E-state index in [-0.39, 0.29) is 24.1 Å². The lowest BCUT2D eigenvalue weighted by Crippen LogP contribution is -2.38. The van der Waals surface area contributed by atoms with Crippen molar-refractivity contribution < 1.29 is 19.1 Å². The number of esters is 1. The Hall–Kier alpha value is -1.75. The highest BCUT2D eigenvalue weighted by Crippen LogP contribution is 2.32. The van der Waals surface area contributed by atoms with Gasteiger partial charge >= 0.3 is 12.1 Å². The SMILES string of the molecule is CC1CC(c2ccc(C(=O)OCCl)cc2)CN1C(=O)OC(C)(C)C. The summed E-state index contributed by atoms with van der Waals surface area (Å²) in [6.07, 6.45) is 0.588. The Balaban J connectivity index is 2.04. The van der Waals surface area contributed by atoms with Gasteiger partial charge in [-0.1, -0.05) is 23.7 Å². The lowest BCUT2D eigenvalue weighted by molar-refractivity contribution is 0.0237. The van der Waals surface area contributed by atoms with Crippen molar-refractivity contribution in [1.29, 1.82) is 0 Å². The van der Waals surface area contributed by atoms with Gasteiger partial charge in [0.15, 0.2) is 6.07 Å². The van der Waals surface area contributed by atoms with Gasteiger partial charge < -0.3 is 14.4 Å². The zero-order valence-electron chi connectivity index (χ0n) is 14.5. The van der Waals surface area contributed by atoms with E-state index in [1.54, 1.807) is 17.0 Å². The second-order valence-corrected chi connectivity index (χ2v) is 7.30. The number of nitrogens with zero attached hydrogens (tertiary/aromatic N) is 1. The number of rotatable bonds is 3. The number of benzene rings is 1. The van der Waals surface area contributed by atoms with Gasteiger partial charge in [-0.15, -0.1) is 0 Å². The molecule has 0 aliphatic carbocycles. The molecular weight excluding hydrogens is 330 g/mol. The Labute approximate surface area is 147 Å². The van der Waals surface area contributed by atoms with Gasteiger partial charge in [-0.3, -0.25) is 0 Å². The molecule has 1 heterocycles. The van der Waals surface area contributed by atoms with Crippen LogP contribution in [0.4, 0.5) is 4.79 Å². The van der Waals surface area contributed by atoms with Crippen LogP contribution in [0, 0.1) is 0 Å². The maximum absolute atomic E-state index is 12.3. The second kappa shape index (κ2) is 7.43. The summed E-state index contributed by atoms with van der Waals surface area (Å²) in [7, 11) is 0. The number of amides is 1. The first-order valence-corrected chi connectivity index (χ1v) is 8.57. The molecule has 1 fully saturated rings. The van der Waals surface area contributed by atoms with Gasteiger partial charge in [0.1, 0.15) is 5.60 Å². The number of ether oxygens (including phenoxy) is 2. The maximum Gasteiger partial charge on any atom is 0.410 e. The van der Waals surface area contributed by atoms with Crippen LogP contribution in [-0.4, -0.2) is 41.2 Å². The molecule has 2 atom stereocenters. The van der Waals surface area contributed by atoms with E-state index >= 15 is 0 Å². The van der Waals surface area contributed by atoms with Crippen LogP contribution >= 0.6 is 11.6 Å². The molecule has 2 rings (SSSR count). The Kier molecular flexibility index (Phi) is 5.75. The van der Waals surface area contributed by atoms with Crippen LogP contribution in [0.15, 0.2) is 24.3 Å². The number of hydrogen-bond donors (Lipinski definition) is 0. The molecule has 0 radical (unpaired) electrons. The van der Waals surface area contributed by atoms with Crippen LogP contribution in [0.3, 0.4) is 0 Å². The number of halogens is 1. The number of hydrogen-bond acceptors (Lipinski definition) is 4. The van der Waals surface area contributed by atoms with Crippen LogP contribution in [-0.2, 0) is 9.47 Å². The summed E-state index contributed by atoms with van der Waals surface area (Å²) in [6, 6.07) is 7.22. The van der Waals surface area contributed by atoms with Crippen molar-refractivity contribution in [2.45, 2.75) is 51.7 Å². The number of likely N-dealkylation sites (tertiary alicyclic amines) is 1. The minimum absolute atomic E-state index is 0.116. The topological polar surface area (TPSA) is 55.8 Å². The van der Waals surface area contributed by atoms with Crippen molar-refractivity contribution in [3.8, 4) is 0 Å². The van der Waals surface area contributed by atoms with Gasteiger partial charge in [-0.25, -0.2) is 9.59 Å². The van der Waals surface area contributed by atoms with Crippen molar-refractivity contribution in [3.05, 3.63) is 35.4 Å². The van der Waals surface area contributed by atoms with Gasteiger partial charge in [0, 0.05) is 18.5 Å². The van der Waals surface area contributed by atoms with Crippen molar-refractivity contribution in [2.75, 3.05) is 12.6 Å². The first kappa shape index (κ1) is 18.6. The molecule has 2 unspecified atom stereocenters. The van der Waals surface area contributed by atoms with Gasteiger partial charge in [-0.05, 0) is 51.8 Å². The number of carbonyl (C=O) groups is 2. The van der Waals surface area contributed by atoms with Gasteiger partial charge in [-0.2, -0.15) is 0 Å². The average molecular weight is 354 g/mol. The fourth-order valence-electron chi connectivity index (χ4n) is 2.87. The summed E-state index contributed by atoms with van der Waals surface area (Å²) in [6.45, 7) is 8.23. The smallest absolute Gasteiger partial charge is 0.410 e. The molecule has 1 saturated heterocycles. The van der Waals surface area contributed by atoms with Crippen LogP contribution in [0.25, 0.3) is 0 Å². The van der Waals surface area contributed by atoms with Crippen LogP contribution < -0.4 is 0 Å². The van der Waals surface area contributed by atoms with E-state index in [9.17, 15) is 9.59 Å². The Morgan fingerprint density at radius 2 is 1.88 bits per heavy atom. The Morgan fingerprint density at radius 1 is 1.25 bits per heavy atom. The van der Waals surface area contributed by atoms with E-state index in [0.29, 0.717) is 12.1 Å². The summed E-state index contributed by atoms with van der Waals surface area (Å²) in [5, 5.41) is 0.